The van der Waals surface area contributed by atoms with Gasteiger partial charge in [-0.2, -0.15) is 0 Å². The number of aliphatic hydroxyl groups excluding tert-OH is 1. The van der Waals surface area contributed by atoms with E-state index in [1.54, 1.807) is 44.2 Å². The fourth-order valence-electron chi connectivity index (χ4n) is 8.89. The number of benzene rings is 1. The Morgan fingerprint density at radius 2 is 0.778 bits per heavy atom. The van der Waals surface area contributed by atoms with Crippen LogP contribution in [0, 0.1) is 29.6 Å². The lowest BCUT2D eigenvalue weighted by Crippen LogP contribution is -2.62. The molecule has 0 aliphatic carbocycles. The molecule has 0 saturated carbocycles. The lowest BCUT2D eigenvalue weighted by Gasteiger charge is -2.30. The molecule has 24 nitrogen and oxygen atoms in total. The Hall–Kier alpha value is -6.24. The first-order valence-corrected chi connectivity index (χ1v) is 28.9. The summed E-state index contributed by atoms with van der Waals surface area (Å²) >= 11 is 0. The molecule has 24 heteroatoms. The van der Waals surface area contributed by atoms with Crippen molar-refractivity contribution in [2.45, 2.75) is 214 Å². The Balaban J connectivity index is 3.65. The highest BCUT2D eigenvalue weighted by molar-refractivity contribution is 5.98. The van der Waals surface area contributed by atoms with Crippen LogP contribution in [0.15, 0.2) is 30.3 Å². The fourth-order valence-corrected chi connectivity index (χ4v) is 8.89. The van der Waals surface area contributed by atoms with Crippen molar-refractivity contribution in [3.8, 4) is 0 Å². The lowest BCUT2D eigenvalue weighted by atomic mass is 9.96. The number of carbonyl (C=O) groups excluding carboxylic acids is 10. The van der Waals surface area contributed by atoms with Crippen LogP contribution in [-0.4, -0.2) is 144 Å². The second-order valence-electron chi connectivity index (χ2n) is 23.0. The van der Waals surface area contributed by atoms with Crippen molar-refractivity contribution in [2.24, 2.45) is 52.5 Å². The van der Waals surface area contributed by atoms with Crippen molar-refractivity contribution < 1.29 is 53.1 Å². The highest BCUT2D eigenvalue weighted by Crippen LogP contribution is 2.16. The molecule has 0 aliphatic rings. The van der Waals surface area contributed by atoms with Crippen LogP contribution in [0.1, 0.15) is 152 Å². The summed E-state index contributed by atoms with van der Waals surface area (Å²) in [5.41, 5.74) is 23.4. The second-order valence-corrected chi connectivity index (χ2v) is 23.0. The van der Waals surface area contributed by atoms with Gasteiger partial charge in [0.25, 0.3) is 0 Å². The van der Waals surface area contributed by atoms with Gasteiger partial charge < -0.3 is 75.9 Å². The normalized spacial score (nSPS) is 15.5. The van der Waals surface area contributed by atoms with Gasteiger partial charge in [-0.15, -0.1) is 0 Å². The molecule has 0 radical (unpaired) electrons. The van der Waals surface area contributed by atoms with Crippen LogP contribution in [0.2, 0.25) is 0 Å². The number of primary amides is 1. The van der Waals surface area contributed by atoms with E-state index < -0.39 is 125 Å². The number of aliphatic hydroxyl groups is 1. The van der Waals surface area contributed by atoms with Crippen LogP contribution < -0.4 is 70.8 Å². The summed E-state index contributed by atoms with van der Waals surface area (Å²) in [4.78, 5) is 138. The van der Waals surface area contributed by atoms with Gasteiger partial charge in [-0.1, -0.05) is 106 Å². The smallest absolute Gasteiger partial charge is 0.245 e. The maximum Gasteiger partial charge on any atom is 0.245 e. The molecule has 460 valence electrons. The maximum absolute atomic E-state index is 14.7. The number of amides is 10. The molecule has 10 amide bonds. The van der Waals surface area contributed by atoms with Crippen molar-refractivity contribution >= 4 is 59.1 Å². The minimum absolute atomic E-state index is 0.00108. The summed E-state index contributed by atoms with van der Waals surface area (Å²) < 4.78 is 0. The van der Waals surface area contributed by atoms with Crippen LogP contribution >= 0.6 is 0 Å². The van der Waals surface area contributed by atoms with Gasteiger partial charge in [0.05, 0.1) is 12.6 Å². The zero-order chi connectivity index (χ0) is 61.5. The standard InChI is InChI=1S/C57H101N13O11/c1-12-36(10)47(56(80)64-40(23-17-19-25-59)51(75)70-48(37(11)71)57(81)68-44(29-35(8)9)54(78)65-41(49(61)73)26-32(2)3)69-55(79)45(30-38-20-14-13-15-21-38)67-50(74)39(22-16-18-24-58)63-53(77)43(28-34(6)7)66-52(76)42(27-33(4)5)62-46(72)31-60/h13-15,20-21,32-37,39-45,47-48,71H,12,16-19,22-31,58-60H2,1-11H3,(H2,61,73)(H,62,72)(H,63,77)(H,64,80)(H,65,78)(H,66,76)(H,67,74)(H,68,81)(H,69,79)(H,70,75)/t36-,37+,39-,40-,41-,42-,43-,44-,45-,47-,48-/m0/s1. The molecule has 18 N–H and O–H groups in total. The van der Waals surface area contributed by atoms with Gasteiger partial charge in [-0.05, 0) is 119 Å². The number of hydrogen-bond acceptors (Lipinski definition) is 14. The van der Waals surface area contributed by atoms with Gasteiger partial charge in [0.1, 0.15) is 54.4 Å². The van der Waals surface area contributed by atoms with Crippen molar-refractivity contribution in [1.29, 1.82) is 0 Å². The highest BCUT2D eigenvalue weighted by atomic mass is 16.3. The minimum atomic E-state index is -1.62. The molecule has 0 bridgehead atoms. The number of hydrogen-bond donors (Lipinski definition) is 14. The molecule has 1 rings (SSSR count). The summed E-state index contributed by atoms with van der Waals surface area (Å²) in [6.45, 7) is 19.8. The molecule has 0 spiro atoms. The zero-order valence-corrected chi connectivity index (χ0v) is 50.0. The second kappa shape index (κ2) is 38.5. The molecule has 0 aliphatic heterocycles. The van der Waals surface area contributed by atoms with Gasteiger partial charge in [0.15, 0.2) is 0 Å². The van der Waals surface area contributed by atoms with Crippen molar-refractivity contribution in [3.05, 3.63) is 35.9 Å². The van der Waals surface area contributed by atoms with E-state index in [-0.39, 0.29) is 81.7 Å². The third-order valence-corrected chi connectivity index (χ3v) is 13.5. The van der Waals surface area contributed by atoms with Gasteiger partial charge in [-0.3, -0.25) is 47.9 Å². The van der Waals surface area contributed by atoms with Crippen LogP contribution in [0.5, 0.6) is 0 Å². The number of nitrogens with one attached hydrogen (secondary N) is 9. The predicted molar refractivity (Wildman–Crippen MR) is 311 cm³/mol. The molecular formula is C57H101N13O11. The summed E-state index contributed by atoms with van der Waals surface area (Å²) in [6.07, 6.45) is 1.48. The summed E-state index contributed by atoms with van der Waals surface area (Å²) in [6, 6.07) is -2.28. The number of unbranched alkanes of at least 4 members (excludes halogenated alkanes) is 2. The van der Waals surface area contributed by atoms with E-state index in [0.29, 0.717) is 44.2 Å². The quantitative estimate of drug-likeness (QED) is 0.0382. The topological polar surface area (TPSA) is 403 Å². The predicted octanol–water partition coefficient (Wildman–Crippen LogP) is -0.0944. The van der Waals surface area contributed by atoms with E-state index in [4.69, 9.17) is 22.9 Å². The first-order chi connectivity index (χ1) is 38.1. The Morgan fingerprint density at radius 3 is 1.20 bits per heavy atom. The summed E-state index contributed by atoms with van der Waals surface area (Å²) in [5.74, 6) is -8.05. The molecule has 0 heterocycles. The van der Waals surface area contributed by atoms with Gasteiger partial charge in [-0.25, -0.2) is 0 Å². The SMILES string of the molecule is CC[C@H](C)[C@H](NC(=O)[C@H](Cc1ccccc1)NC(=O)[C@H](CCCCN)NC(=O)[C@H](CC(C)C)NC(=O)[C@H](CC(C)C)NC(=O)CN)C(=O)N[C@@H](CCCCN)C(=O)N[C@H](C(=O)N[C@@H](CC(C)C)C(=O)N[C@@H](CC(C)C)C(N)=O)[C@@H](C)O. The van der Waals surface area contributed by atoms with E-state index in [1.807, 2.05) is 55.4 Å². The van der Waals surface area contributed by atoms with Crippen LogP contribution in [-0.2, 0) is 54.4 Å². The Morgan fingerprint density at radius 1 is 0.432 bits per heavy atom. The van der Waals surface area contributed by atoms with Gasteiger partial charge in [0, 0.05) is 6.42 Å². The molecule has 11 atom stereocenters. The van der Waals surface area contributed by atoms with Crippen LogP contribution in [0.25, 0.3) is 0 Å². The van der Waals surface area contributed by atoms with Gasteiger partial charge in [0.2, 0.25) is 59.1 Å². The Bertz CT molecular complexity index is 2150. The van der Waals surface area contributed by atoms with E-state index in [9.17, 15) is 53.1 Å². The highest BCUT2D eigenvalue weighted by Gasteiger charge is 2.37. The molecule has 1 aromatic carbocycles. The van der Waals surface area contributed by atoms with E-state index in [2.05, 4.69) is 47.9 Å². The monoisotopic (exact) mass is 1140 g/mol. The van der Waals surface area contributed by atoms with E-state index in [0.717, 1.165) is 0 Å². The molecule has 0 fully saturated rings. The molecule has 0 saturated heterocycles. The number of nitrogens with two attached hydrogens (primary N) is 4. The summed E-state index contributed by atoms with van der Waals surface area (Å²) in [7, 11) is 0. The Labute approximate surface area is 480 Å². The third-order valence-electron chi connectivity index (χ3n) is 13.5. The van der Waals surface area contributed by atoms with E-state index >= 15 is 0 Å². The van der Waals surface area contributed by atoms with E-state index in [1.165, 1.54) is 6.92 Å². The summed E-state index contributed by atoms with van der Waals surface area (Å²) in [5, 5.41) is 35.2. The fraction of sp³-hybridized carbons (Fsp3) is 0.719. The first-order valence-electron chi connectivity index (χ1n) is 28.9. The molecule has 0 unspecified atom stereocenters. The number of rotatable bonds is 40. The molecule has 0 aromatic heterocycles. The maximum atomic E-state index is 14.7. The molecular weight excluding hydrogens is 1040 g/mol. The van der Waals surface area contributed by atoms with Crippen LogP contribution in [0.4, 0.5) is 0 Å². The molecule has 81 heavy (non-hydrogen) atoms. The van der Waals surface area contributed by atoms with Gasteiger partial charge >= 0.3 is 0 Å². The number of carbonyl (C=O) groups is 10. The largest absolute Gasteiger partial charge is 0.391 e. The average molecular weight is 1140 g/mol. The van der Waals surface area contributed by atoms with Crippen molar-refractivity contribution in [2.75, 3.05) is 19.6 Å². The molecule has 1 aromatic rings. The van der Waals surface area contributed by atoms with Crippen LogP contribution in [0.3, 0.4) is 0 Å². The third kappa shape index (κ3) is 28.3. The zero-order valence-electron chi connectivity index (χ0n) is 50.0. The van der Waals surface area contributed by atoms with Crippen molar-refractivity contribution in [1.82, 2.24) is 47.9 Å². The average Bonchev–Trinajstić information content (AvgIpc) is 3.39. The van der Waals surface area contributed by atoms with Crippen molar-refractivity contribution in [3.63, 3.8) is 0 Å². The lowest BCUT2D eigenvalue weighted by molar-refractivity contribution is -0.137. The Kier molecular flexibility index (Phi) is 34.6. The minimum Gasteiger partial charge on any atom is -0.391 e. The first kappa shape index (κ1) is 72.8.